The Morgan fingerprint density at radius 1 is 1.32 bits per heavy atom. The van der Waals surface area contributed by atoms with Crippen molar-refractivity contribution in [3.8, 4) is 0 Å². The van der Waals surface area contributed by atoms with Gasteiger partial charge in [-0.1, -0.05) is 37.6 Å². The zero-order valence-corrected chi connectivity index (χ0v) is 23.3. The Morgan fingerprint density at radius 2 is 2.08 bits per heavy atom. The number of aliphatic hydroxyl groups is 1. The van der Waals surface area contributed by atoms with E-state index in [0.29, 0.717) is 11.6 Å². The molecule has 3 rings (SSSR count). The summed E-state index contributed by atoms with van der Waals surface area (Å²) in [5, 5.41) is 17.3. The third kappa shape index (κ3) is 7.47. The van der Waals surface area contributed by atoms with Gasteiger partial charge in [-0.2, -0.15) is 5.90 Å². The van der Waals surface area contributed by atoms with Crippen LogP contribution in [0.15, 0.2) is 46.4 Å². The largest absolute Gasteiger partial charge is 0.491 e. The molecule has 0 radical (unpaired) electrons. The minimum atomic E-state index is -0.761. The number of carbonyl (C=O) groups is 1. The molecule has 0 bridgehead atoms. The molecule has 8 heteroatoms. The molecule has 1 aliphatic heterocycles. The summed E-state index contributed by atoms with van der Waals surface area (Å²) in [4.78, 5) is 15.5. The van der Waals surface area contributed by atoms with E-state index in [1.807, 2.05) is 6.92 Å². The fourth-order valence-electron chi connectivity index (χ4n) is 6.21. The number of allylic oxidation sites excluding steroid dienone is 4. The van der Waals surface area contributed by atoms with E-state index in [9.17, 15) is 9.90 Å². The second-order valence-electron chi connectivity index (χ2n) is 11.0. The van der Waals surface area contributed by atoms with Crippen molar-refractivity contribution >= 4 is 6.09 Å². The van der Waals surface area contributed by atoms with Gasteiger partial charge in [-0.3, -0.25) is 5.32 Å². The van der Waals surface area contributed by atoms with E-state index in [0.717, 1.165) is 63.7 Å². The minimum Gasteiger partial charge on any atom is -0.491 e. The average molecular weight is 518 g/mol. The maximum atomic E-state index is 11.3. The van der Waals surface area contributed by atoms with Crippen LogP contribution in [0.2, 0.25) is 0 Å². The molecule has 0 spiro atoms. The van der Waals surface area contributed by atoms with Crippen LogP contribution in [0.1, 0.15) is 86.0 Å². The smallest absolute Gasteiger partial charge is 0.430 e. The van der Waals surface area contributed by atoms with Gasteiger partial charge in [0.05, 0.1) is 23.9 Å². The number of hydrogen-bond donors (Lipinski definition) is 4. The molecule has 5 N–H and O–H groups in total. The van der Waals surface area contributed by atoms with E-state index >= 15 is 0 Å². The van der Waals surface area contributed by atoms with Crippen molar-refractivity contribution in [1.82, 2.24) is 10.6 Å². The molecule has 8 nitrogen and oxygen atoms in total. The molecule has 5 atom stereocenters. The first-order valence-corrected chi connectivity index (χ1v) is 13.8. The summed E-state index contributed by atoms with van der Waals surface area (Å²) < 4.78 is 12.0. The molecular formula is C29H47N3O5. The Hall–Kier alpha value is -2.13. The topological polar surface area (TPSA) is 115 Å². The van der Waals surface area contributed by atoms with Crippen LogP contribution in [0.25, 0.3) is 0 Å². The van der Waals surface area contributed by atoms with Crippen LogP contribution in [-0.2, 0) is 14.3 Å². The number of carbonyl (C=O) groups excluding carboxylic acids is 1. The number of nitrogens with two attached hydrogens (primary N) is 1. The molecule has 208 valence electrons. The molecular weight excluding hydrogens is 470 g/mol. The molecule has 3 aliphatic rings. The highest BCUT2D eigenvalue weighted by molar-refractivity contribution is 5.68. The molecule has 0 aromatic heterocycles. The fourth-order valence-corrected chi connectivity index (χ4v) is 6.21. The van der Waals surface area contributed by atoms with E-state index in [-0.39, 0.29) is 30.4 Å². The lowest BCUT2D eigenvalue weighted by atomic mass is 9.72. The maximum Gasteiger partial charge on any atom is 0.430 e. The predicted octanol–water partition coefficient (Wildman–Crippen LogP) is 4.91. The summed E-state index contributed by atoms with van der Waals surface area (Å²) in [7, 11) is 0. The van der Waals surface area contributed by atoms with E-state index in [2.05, 4.69) is 55.8 Å². The van der Waals surface area contributed by atoms with E-state index in [4.69, 9.17) is 15.4 Å². The van der Waals surface area contributed by atoms with Crippen LogP contribution in [-0.4, -0.2) is 48.2 Å². The molecule has 1 fully saturated rings. The number of rotatable bonds is 10. The first-order chi connectivity index (χ1) is 17.6. The Balaban J connectivity index is 1.74. The second kappa shape index (κ2) is 13.1. The lowest BCUT2D eigenvalue weighted by Gasteiger charge is -2.46. The Labute approximate surface area is 222 Å². The molecule has 0 aromatic rings. The highest BCUT2D eigenvalue weighted by atomic mass is 16.7. The van der Waals surface area contributed by atoms with Crippen molar-refractivity contribution in [3.63, 3.8) is 0 Å². The number of amides is 1. The molecule has 37 heavy (non-hydrogen) atoms. The van der Waals surface area contributed by atoms with E-state index in [1.165, 1.54) is 22.3 Å². The summed E-state index contributed by atoms with van der Waals surface area (Å²) in [5.74, 6) is 6.15. The maximum absolute atomic E-state index is 11.3. The van der Waals surface area contributed by atoms with Gasteiger partial charge in [-0.15, -0.1) is 0 Å². The van der Waals surface area contributed by atoms with Crippen LogP contribution >= 0.6 is 0 Å². The van der Waals surface area contributed by atoms with Gasteiger partial charge in [0.15, 0.2) is 0 Å². The second-order valence-corrected chi connectivity index (χ2v) is 11.0. The highest BCUT2D eigenvalue weighted by Crippen LogP contribution is 2.42. The van der Waals surface area contributed by atoms with Gasteiger partial charge >= 0.3 is 6.09 Å². The molecule has 1 amide bonds. The number of hydrogen-bond acceptors (Lipinski definition) is 7. The first kappa shape index (κ1) is 29.4. The third-order valence-corrected chi connectivity index (χ3v) is 8.14. The molecule has 0 saturated carbocycles. The van der Waals surface area contributed by atoms with Crippen LogP contribution in [0, 0.1) is 5.92 Å². The van der Waals surface area contributed by atoms with Crippen LogP contribution in [0.5, 0.6) is 0 Å². The quantitative estimate of drug-likeness (QED) is 0.240. The lowest BCUT2D eigenvalue weighted by Crippen LogP contribution is -2.58. The van der Waals surface area contributed by atoms with Crippen LogP contribution < -0.4 is 16.5 Å². The highest BCUT2D eigenvalue weighted by Gasteiger charge is 2.40. The summed E-state index contributed by atoms with van der Waals surface area (Å²) in [5.41, 5.74) is 5.53. The van der Waals surface area contributed by atoms with Crippen molar-refractivity contribution in [3.05, 3.63) is 46.4 Å². The summed E-state index contributed by atoms with van der Waals surface area (Å²) in [6, 6.07) is -0.0272. The van der Waals surface area contributed by atoms with Crippen molar-refractivity contribution in [2.45, 2.75) is 110 Å². The Kier molecular flexibility index (Phi) is 10.4. The molecule has 0 aromatic carbocycles. The van der Waals surface area contributed by atoms with Gasteiger partial charge < -0.3 is 24.7 Å². The van der Waals surface area contributed by atoms with Gasteiger partial charge in [-0.25, -0.2) is 4.79 Å². The fraction of sp³-hybridized carbons (Fsp3) is 0.690. The summed E-state index contributed by atoms with van der Waals surface area (Å²) in [6.45, 7) is 15.7. The molecule has 2 aliphatic carbocycles. The first-order valence-electron chi connectivity index (χ1n) is 13.8. The van der Waals surface area contributed by atoms with Gasteiger partial charge in [0, 0.05) is 18.6 Å². The summed E-state index contributed by atoms with van der Waals surface area (Å²) >= 11 is 0. The third-order valence-electron chi connectivity index (χ3n) is 8.14. The van der Waals surface area contributed by atoms with Gasteiger partial charge in [0.25, 0.3) is 0 Å². The SMILES string of the molecule is C=C(COC1=C(CC)C(C)=C(CC2(C)CCC(O)C(C3=CCCC(OCC)C3)N2)C(C)C1)NC(=O)ON. The van der Waals surface area contributed by atoms with Crippen molar-refractivity contribution in [2.75, 3.05) is 13.2 Å². The van der Waals surface area contributed by atoms with Crippen molar-refractivity contribution < 1.29 is 24.2 Å². The zero-order chi connectivity index (χ0) is 27.2. The normalized spacial score (nSPS) is 30.6. The molecule has 1 heterocycles. The monoisotopic (exact) mass is 517 g/mol. The summed E-state index contributed by atoms with van der Waals surface area (Å²) in [6.07, 6.45) is 8.68. The lowest BCUT2D eigenvalue weighted by molar-refractivity contribution is 0.0377. The van der Waals surface area contributed by atoms with Gasteiger partial charge in [-0.05, 0) is 82.8 Å². The van der Waals surface area contributed by atoms with Gasteiger partial charge in [0.2, 0.25) is 0 Å². The van der Waals surface area contributed by atoms with Crippen molar-refractivity contribution in [1.29, 1.82) is 0 Å². The Morgan fingerprint density at radius 3 is 2.76 bits per heavy atom. The average Bonchev–Trinajstić information content (AvgIpc) is 2.87. The number of nitrogens with one attached hydrogen (secondary N) is 2. The van der Waals surface area contributed by atoms with Gasteiger partial charge in [0.1, 0.15) is 12.4 Å². The molecule has 1 saturated heterocycles. The molecule has 5 unspecified atom stereocenters. The predicted molar refractivity (Wildman–Crippen MR) is 145 cm³/mol. The minimum absolute atomic E-state index is 0.0272. The zero-order valence-electron chi connectivity index (χ0n) is 23.3. The number of aliphatic hydroxyl groups excluding tert-OH is 1. The number of piperidine rings is 1. The van der Waals surface area contributed by atoms with Crippen molar-refractivity contribution in [2.24, 2.45) is 11.8 Å². The standard InChI is InChI=1S/C29H47N3O5/c1-7-23-20(5)24(18(3)14-26(23)36-17-19(4)31-28(34)37-30)16-29(6)13-12-25(33)27(32-29)21-10-9-11-22(15-21)35-8-2/h10,18,22,25,27,32-33H,4,7-9,11-17,30H2,1-3,5-6H3,(H,31,34). The van der Waals surface area contributed by atoms with Crippen LogP contribution in [0.4, 0.5) is 4.79 Å². The van der Waals surface area contributed by atoms with Crippen LogP contribution in [0.3, 0.4) is 0 Å². The Bertz CT molecular complexity index is 940. The van der Waals surface area contributed by atoms with E-state index < -0.39 is 6.09 Å². The number of ether oxygens (including phenoxy) is 2. The van der Waals surface area contributed by atoms with E-state index in [1.54, 1.807) is 0 Å².